The molecule has 1 aliphatic rings. The summed E-state index contributed by atoms with van der Waals surface area (Å²) in [6.45, 7) is 1.41. The second-order valence-corrected chi connectivity index (χ2v) is 7.87. The van der Waals surface area contributed by atoms with Crippen LogP contribution in [0.15, 0.2) is 9.72 Å². The highest BCUT2D eigenvalue weighted by atomic mass is 35.5. The molecule has 8 nitrogen and oxygen atoms in total. The highest BCUT2D eigenvalue weighted by Gasteiger charge is 2.36. The largest absolute Gasteiger partial charge is 0.464 e. The maximum absolute atomic E-state index is 12.4. The number of nitrogens with zero attached hydrogens (tertiary/aromatic N) is 1. The van der Waals surface area contributed by atoms with Gasteiger partial charge in [0.25, 0.3) is 10.0 Å². The Morgan fingerprint density at radius 3 is 2.83 bits per heavy atom. The van der Waals surface area contributed by atoms with Gasteiger partial charge < -0.3 is 14.8 Å². The molecule has 0 spiro atoms. The van der Waals surface area contributed by atoms with E-state index in [2.05, 4.69) is 19.8 Å². The summed E-state index contributed by atoms with van der Waals surface area (Å²) >= 11 is 0.881. The summed E-state index contributed by atoms with van der Waals surface area (Å²) in [6, 6.07) is 0. The zero-order chi connectivity index (χ0) is 16.2. The van der Waals surface area contributed by atoms with Gasteiger partial charge in [0.15, 0.2) is 9.90 Å². The van der Waals surface area contributed by atoms with Crippen molar-refractivity contribution in [3.63, 3.8) is 0 Å². The van der Waals surface area contributed by atoms with Crippen molar-refractivity contribution in [3.05, 3.63) is 11.2 Å². The Bertz CT molecular complexity index is 628. The van der Waals surface area contributed by atoms with Crippen LogP contribution in [0.3, 0.4) is 0 Å². The maximum Gasteiger partial charge on any atom is 0.358 e. The Labute approximate surface area is 145 Å². The quantitative estimate of drug-likeness (QED) is 0.654. The van der Waals surface area contributed by atoms with Gasteiger partial charge in [-0.1, -0.05) is 0 Å². The topological polar surface area (TPSA) is 107 Å². The minimum absolute atomic E-state index is 0. The number of ether oxygens (including phenoxy) is 2. The number of aromatic nitrogens is 1. The van der Waals surface area contributed by atoms with E-state index in [4.69, 9.17) is 4.74 Å². The summed E-state index contributed by atoms with van der Waals surface area (Å²) in [4.78, 5) is 15.3. The zero-order valence-electron chi connectivity index (χ0n) is 12.8. The predicted octanol–water partition coefficient (Wildman–Crippen LogP) is 0.398. The number of esters is 1. The Balaban J connectivity index is 0.00000264. The molecule has 132 valence electrons. The van der Waals surface area contributed by atoms with Gasteiger partial charge in [0.1, 0.15) is 0 Å². The molecule has 1 aromatic heterocycles. The van der Waals surface area contributed by atoms with Gasteiger partial charge in [-0.3, -0.25) is 0 Å². The molecule has 0 bridgehead atoms. The summed E-state index contributed by atoms with van der Waals surface area (Å²) in [6.07, 6.45) is 1.77. The molecular weight excluding hydrogens is 366 g/mol. The summed E-state index contributed by atoms with van der Waals surface area (Å²) < 4.78 is 37.0. The number of hydrogen-bond acceptors (Lipinski definition) is 8. The molecule has 1 aliphatic heterocycles. The van der Waals surface area contributed by atoms with E-state index in [0.29, 0.717) is 6.61 Å². The van der Waals surface area contributed by atoms with Crippen LogP contribution in [-0.2, 0) is 19.5 Å². The average Bonchev–Trinajstić information content (AvgIpc) is 3.15. The van der Waals surface area contributed by atoms with Gasteiger partial charge >= 0.3 is 5.97 Å². The fourth-order valence-corrected chi connectivity index (χ4v) is 4.73. The van der Waals surface area contributed by atoms with Crippen LogP contribution in [0.5, 0.6) is 0 Å². The molecule has 2 rings (SSSR count). The van der Waals surface area contributed by atoms with Gasteiger partial charge in [-0.15, -0.1) is 23.7 Å². The molecule has 0 saturated carbocycles. The smallest absolute Gasteiger partial charge is 0.358 e. The second-order valence-electron chi connectivity index (χ2n) is 5.05. The lowest BCUT2D eigenvalue weighted by atomic mass is 9.99. The van der Waals surface area contributed by atoms with Crippen molar-refractivity contribution >= 4 is 39.7 Å². The number of thiazole rings is 1. The third-order valence-corrected chi connectivity index (χ3v) is 6.28. The van der Waals surface area contributed by atoms with Crippen LogP contribution in [0.25, 0.3) is 0 Å². The third-order valence-electron chi connectivity index (χ3n) is 3.51. The Morgan fingerprint density at radius 1 is 1.52 bits per heavy atom. The first-order valence-corrected chi connectivity index (χ1v) is 9.06. The number of sulfonamides is 1. The van der Waals surface area contributed by atoms with Gasteiger partial charge in [-0.05, 0) is 19.4 Å². The summed E-state index contributed by atoms with van der Waals surface area (Å²) in [5.74, 6) is -0.771. The molecule has 0 aliphatic carbocycles. The van der Waals surface area contributed by atoms with Crippen LogP contribution in [-0.4, -0.2) is 58.8 Å². The molecule has 1 atom stereocenters. The van der Waals surface area contributed by atoms with Crippen LogP contribution >= 0.6 is 23.7 Å². The number of rotatable bonds is 7. The standard InChI is InChI=1S/C12H19N3O5S2.ClH/c1-19-7-12(4-3-5-14-12)6-15-22(17,18)11-9(10(16)20-2)13-8-21-11;/h8,14-15H,3-7H2,1-2H3;1H. The molecule has 11 heteroatoms. The normalized spacial score (nSPS) is 21.0. The first-order valence-electron chi connectivity index (χ1n) is 6.69. The second kappa shape index (κ2) is 8.36. The summed E-state index contributed by atoms with van der Waals surface area (Å²) in [5.41, 5.74) is 0.692. The molecule has 0 radical (unpaired) electrons. The highest BCUT2D eigenvalue weighted by molar-refractivity contribution is 7.91. The van der Waals surface area contributed by atoms with Crippen molar-refractivity contribution in [2.45, 2.75) is 22.6 Å². The van der Waals surface area contributed by atoms with Crippen molar-refractivity contribution in [1.29, 1.82) is 0 Å². The van der Waals surface area contributed by atoms with Gasteiger partial charge in [-0.2, -0.15) is 0 Å². The highest BCUT2D eigenvalue weighted by Crippen LogP contribution is 2.23. The van der Waals surface area contributed by atoms with Crippen LogP contribution in [0, 0.1) is 0 Å². The molecule has 1 saturated heterocycles. The molecule has 23 heavy (non-hydrogen) atoms. The van der Waals surface area contributed by atoms with Gasteiger partial charge in [0.2, 0.25) is 0 Å². The first kappa shape index (κ1) is 20.3. The Morgan fingerprint density at radius 2 is 2.26 bits per heavy atom. The number of hydrogen-bond donors (Lipinski definition) is 2. The van der Waals surface area contributed by atoms with Crippen molar-refractivity contribution in [2.24, 2.45) is 0 Å². The lowest BCUT2D eigenvalue weighted by Gasteiger charge is -2.28. The lowest BCUT2D eigenvalue weighted by Crippen LogP contribution is -2.52. The third kappa shape index (κ3) is 4.61. The van der Waals surface area contributed by atoms with Crippen LogP contribution in [0.4, 0.5) is 0 Å². The zero-order valence-corrected chi connectivity index (χ0v) is 15.3. The van der Waals surface area contributed by atoms with Crippen molar-refractivity contribution < 1.29 is 22.7 Å². The van der Waals surface area contributed by atoms with E-state index in [-0.39, 0.29) is 28.9 Å². The summed E-state index contributed by atoms with van der Waals surface area (Å²) in [5, 5.41) is 3.28. The van der Waals surface area contributed by atoms with Gasteiger partial charge in [0.05, 0.1) is 24.8 Å². The number of nitrogens with one attached hydrogen (secondary N) is 2. The van der Waals surface area contributed by atoms with E-state index < -0.39 is 21.5 Å². The Hall–Kier alpha value is -0.780. The molecule has 2 heterocycles. The van der Waals surface area contributed by atoms with E-state index in [1.165, 1.54) is 12.6 Å². The minimum atomic E-state index is -3.84. The van der Waals surface area contributed by atoms with Crippen molar-refractivity contribution in [3.8, 4) is 0 Å². The van der Waals surface area contributed by atoms with E-state index in [1.54, 1.807) is 7.11 Å². The van der Waals surface area contributed by atoms with Crippen molar-refractivity contribution in [1.82, 2.24) is 15.0 Å². The van der Waals surface area contributed by atoms with Gasteiger partial charge in [-0.25, -0.2) is 22.9 Å². The monoisotopic (exact) mass is 385 g/mol. The Kier molecular flexibility index (Phi) is 7.36. The van der Waals surface area contributed by atoms with Gasteiger partial charge in [0, 0.05) is 13.7 Å². The van der Waals surface area contributed by atoms with E-state index in [1.807, 2.05) is 0 Å². The number of methoxy groups -OCH3 is 2. The fourth-order valence-electron chi connectivity index (χ4n) is 2.43. The number of halogens is 1. The van der Waals surface area contributed by atoms with Crippen molar-refractivity contribution in [2.75, 3.05) is 33.9 Å². The molecule has 2 N–H and O–H groups in total. The first-order chi connectivity index (χ1) is 10.4. The van der Waals surface area contributed by atoms with Crippen LogP contribution in [0.1, 0.15) is 23.3 Å². The average molecular weight is 386 g/mol. The fraction of sp³-hybridized carbons (Fsp3) is 0.667. The van der Waals surface area contributed by atoms with E-state index in [9.17, 15) is 13.2 Å². The number of carbonyl (C=O) groups excluding carboxylic acids is 1. The van der Waals surface area contributed by atoms with Crippen LogP contribution < -0.4 is 10.0 Å². The number of carbonyl (C=O) groups is 1. The molecule has 0 aromatic carbocycles. The molecule has 1 aromatic rings. The molecule has 1 fully saturated rings. The molecule has 1 unspecified atom stereocenters. The summed E-state index contributed by atoms with van der Waals surface area (Å²) in [7, 11) is -1.08. The maximum atomic E-state index is 12.4. The van der Waals surface area contributed by atoms with Crippen LogP contribution in [0.2, 0.25) is 0 Å². The minimum Gasteiger partial charge on any atom is -0.464 e. The molecular formula is C12H20ClN3O5S2. The lowest BCUT2D eigenvalue weighted by molar-refractivity contribution is 0.0590. The van der Waals surface area contributed by atoms with E-state index in [0.717, 1.165) is 30.7 Å². The van der Waals surface area contributed by atoms with E-state index >= 15 is 0 Å². The predicted molar refractivity (Wildman–Crippen MR) is 87.7 cm³/mol. The SMILES string of the molecule is COCC1(CNS(=O)(=O)c2scnc2C(=O)OC)CCCN1.Cl. The molecule has 0 amide bonds.